The van der Waals surface area contributed by atoms with Crippen LogP contribution in [0.4, 0.5) is 27.5 Å². The van der Waals surface area contributed by atoms with Gasteiger partial charge in [0.1, 0.15) is 11.6 Å². The molecule has 2 aromatic heterocycles. The summed E-state index contributed by atoms with van der Waals surface area (Å²) in [6.45, 7) is 0. The lowest BCUT2D eigenvalue weighted by Crippen LogP contribution is -2.02. The first-order chi connectivity index (χ1) is 16.0. The Balaban J connectivity index is 1.49. The molecule has 162 valence electrons. The summed E-state index contributed by atoms with van der Waals surface area (Å²) in [4.78, 5) is 13.2. The van der Waals surface area contributed by atoms with Crippen LogP contribution in [-0.4, -0.2) is 15.0 Å². The SMILES string of the molecule is Nc1nc(Nc2ccc3nc(-c4ccccc4F)cc(N)c3c2)cc(-c2ccc(Cl)cc2)n1. The number of rotatable bonds is 4. The van der Waals surface area contributed by atoms with Gasteiger partial charge in [-0.2, -0.15) is 4.98 Å². The molecule has 0 saturated carbocycles. The number of nitrogen functional groups attached to an aromatic ring is 2. The molecule has 5 N–H and O–H groups in total. The summed E-state index contributed by atoms with van der Waals surface area (Å²) in [5, 5.41) is 4.62. The molecule has 2 heterocycles. The number of pyridine rings is 1. The summed E-state index contributed by atoms with van der Waals surface area (Å²) in [6, 6.07) is 22.8. The fourth-order valence-corrected chi connectivity index (χ4v) is 3.71. The number of hydrogen-bond acceptors (Lipinski definition) is 6. The van der Waals surface area contributed by atoms with Crippen molar-refractivity contribution in [1.82, 2.24) is 15.0 Å². The molecule has 3 aromatic carbocycles. The molecule has 0 aliphatic rings. The van der Waals surface area contributed by atoms with E-state index in [0.717, 1.165) is 16.6 Å². The van der Waals surface area contributed by atoms with Gasteiger partial charge in [0, 0.05) is 39.0 Å². The summed E-state index contributed by atoms with van der Waals surface area (Å²) < 4.78 is 14.2. The number of anilines is 4. The molecule has 0 spiro atoms. The molecule has 5 aromatic rings. The van der Waals surface area contributed by atoms with Crippen molar-refractivity contribution < 1.29 is 4.39 Å². The minimum Gasteiger partial charge on any atom is -0.398 e. The Morgan fingerprint density at radius 2 is 1.58 bits per heavy atom. The van der Waals surface area contributed by atoms with Gasteiger partial charge in [-0.3, -0.25) is 0 Å². The molecule has 5 rings (SSSR count). The topological polar surface area (TPSA) is 103 Å². The largest absolute Gasteiger partial charge is 0.398 e. The van der Waals surface area contributed by atoms with Crippen LogP contribution in [-0.2, 0) is 0 Å². The zero-order valence-corrected chi connectivity index (χ0v) is 18.0. The van der Waals surface area contributed by atoms with Gasteiger partial charge in [0.2, 0.25) is 5.95 Å². The molecule has 0 saturated heterocycles. The Bertz CT molecular complexity index is 1490. The summed E-state index contributed by atoms with van der Waals surface area (Å²) in [7, 11) is 0. The predicted molar refractivity (Wildman–Crippen MR) is 132 cm³/mol. The van der Waals surface area contributed by atoms with Gasteiger partial charge in [0.25, 0.3) is 0 Å². The fourth-order valence-electron chi connectivity index (χ4n) is 3.58. The Kier molecular flexibility index (Phi) is 5.24. The Morgan fingerprint density at radius 3 is 2.36 bits per heavy atom. The van der Waals surface area contributed by atoms with E-state index in [0.29, 0.717) is 39.0 Å². The summed E-state index contributed by atoms with van der Waals surface area (Å²) >= 11 is 5.98. The van der Waals surface area contributed by atoms with E-state index in [1.165, 1.54) is 6.07 Å². The van der Waals surface area contributed by atoms with Crippen molar-refractivity contribution in [1.29, 1.82) is 0 Å². The average molecular weight is 457 g/mol. The number of nitrogens with zero attached hydrogens (tertiary/aromatic N) is 3. The minimum absolute atomic E-state index is 0.140. The summed E-state index contributed by atoms with van der Waals surface area (Å²) in [5.41, 5.74) is 16.5. The van der Waals surface area contributed by atoms with E-state index in [1.807, 2.05) is 30.3 Å². The smallest absolute Gasteiger partial charge is 0.222 e. The Morgan fingerprint density at radius 1 is 0.788 bits per heavy atom. The van der Waals surface area contributed by atoms with Crippen molar-refractivity contribution in [2.45, 2.75) is 0 Å². The zero-order valence-electron chi connectivity index (χ0n) is 17.3. The van der Waals surface area contributed by atoms with Crippen LogP contribution >= 0.6 is 11.6 Å². The van der Waals surface area contributed by atoms with Crippen LogP contribution in [0, 0.1) is 5.82 Å². The van der Waals surface area contributed by atoms with Crippen LogP contribution in [0.1, 0.15) is 0 Å². The van der Waals surface area contributed by atoms with Crippen LogP contribution < -0.4 is 16.8 Å². The van der Waals surface area contributed by atoms with Gasteiger partial charge < -0.3 is 16.8 Å². The zero-order chi connectivity index (χ0) is 22.9. The lowest BCUT2D eigenvalue weighted by molar-refractivity contribution is 0.631. The molecule has 0 bridgehead atoms. The predicted octanol–water partition coefficient (Wildman–Crippen LogP) is 6.06. The summed E-state index contributed by atoms with van der Waals surface area (Å²) in [5.74, 6) is 0.322. The standard InChI is InChI=1S/C25H18ClFN6/c26-15-7-5-14(6-8-15)22-13-24(33-25(29)32-22)30-16-9-10-21-18(11-16)20(28)12-23(31-21)17-3-1-2-4-19(17)27/h1-13H,(H2,28,31)(H3,29,30,32,33). The van der Waals surface area contributed by atoms with Gasteiger partial charge >= 0.3 is 0 Å². The summed E-state index contributed by atoms with van der Waals surface area (Å²) in [6.07, 6.45) is 0. The lowest BCUT2D eigenvalue weighted by atomic mass is 10.1. The van der Waals surface area contributed by atoms with Gasteiger partial charge in [-0.15, -0.1) is 0 Å². The first kappa shape index (κ1) is 20.7. The maximum Gasteiger partial charge on any atom is 0.222 e. The van der Waals surface area contributed by atoms with Crippen LogP contribution in [0.25, 0.3) is 33.4 Å². The fraction of sp³-hybridized carbons (Fsp3) is 0. The van der Waals surface area contributed by atoms with E-state index < -0.39 is 0 Å². The number of halogens is 2. The minimum atomic E-state index is -0.347. The highest BCUT2D eigenvalue weighted by molar-refractivity contribution is 6.30. The van der Waals surface area contributed by atoms with Crippen LogP contribution in [0.15, 0.2) is 78.9 Å². The maximum absolute atomic E-state index is 14.2. The van der Waals surface area contributed by atoms with Crippen molar-refractivity contribution in [3.8, 4) is 22.5 Å². The molecule has 0 unspecified atom stereocenters. The molecule has 0 fully saturated rings. The second-order valence-electron chi connectivity index (χ2n) is 7.44. The van der Waals surface area contributed by atoms with E-state index in [2.05, 4.69) is 20.3 Å². The molecular weight excluding hydrogens is 439 g/mol. The molecule has 0 radical (unpaired) electrons. The lowest BCUT2D eigenvalue weighted by Gasteiger charge is -2.11. The molecule has 33 heavy (non-hydrogen) atoms. The van der Waals surface area contributed by atoms with E-state index >= 15 is 0 Å². The highest BCUT2D eigenvalue weighted by Gasteiger charge is 2.11. The van der Waals surface area contributed by atoms with Crippen molar-refractivity contribution in [2.75, 3.05) is 16.8 Å². The van der Waals surface area contributed by atoms with Gasteiger partial charge in [-0.25, -0.2) is 14.4 Å². The third kappa shape index (κ3) is 4.26. The Labute approximate surface area is 194 Å². The molecule has 0 aliphatic carbocycles. The van der Waals surface area contributed by atoms with Crippen LogP contribution in [0.2, 0.25) is 5.02 Å². The number of nitrogens with one attached hydrogen (secondary N) is 1. The normalized spacial score (nSPS) is 11.0. The van der Waals surface area contributed by atoms with E-state index in [4.69, 9.17) is 23.1 Å². The van der Waals surface area contributed by atoms with Crippen LogP contribution in [0.5, 0.6) is 0 Å². The van der Waals surface area contributed by atoms with Gasteiger partial charge in [0.15, 0.2) is 0 Å². The van der Waals surface area contributed by atoms with E-state index in [9.17, 15) is 4.39 Å². The number of hydrogen-bond donors (Lipinski definition) is 3. The van der Waals surface area contributed by atoms with E-state index in [-0.39, 0.29) is 11.8 Å². The number of benzene rings is 3. The van der Waals surface area contributed by atoms with E-state index in [1.54, 1.807) is 42.5 Å². The third-order valence-electron chi connectivity index (χ3n) is 5.15. The Hall–Kier alpha value is -4.23. The number of nitrogens with two attached hydrogens (primary N) is 2. The molecule has 0 atom stereocenters. The van der Waals surface area contributed by atoms with Crippen molar-refractivity contribution in [2.24, 2.45) is 0 Å². The van der Waals surface area contributed by atoms with Crippen molar-refractivity contribution in [3.05, 3.63) is 89.7 Å². The second kappa shape index (κ2) is 8.37. The monoisotopic (exact) mass is 456 g/mol. The van der Waals surface area contributed by atoms with Crippen LogP contribution in [0.3, 0.4) is 0 Å². The quantitative estimate of drug-likeness (QED) is 0.304. The molecular formula is C25H18ClFN6. The number of aromatic nitrogens is 3. The third-order valence-corrected chi connectivity index (χ3v) is 5.40. The highest BCUT2D eigenvalue weighted by Crippen LogP contribution is 2.31. The van der Waals surface area contributed by atoms with Gasteiger partial charge in [0.05, 0.1) is 16.9 Å². The van der Waals surface area contributed by atoms with Gasteiger partial charge in [-0.05, 0) is 48.5 Å². The highest BCUT2D eigenvalue weighted by atomic mass is 35.5. The van der Waals surface area contributed by atoms with Gasteiger partial charge in [-0.1, -0.05) is 35.9 Å². The molecule has 6 nitrogen and oxygen atoms in total. The molecule has 0 aliphatic heterocycles. The molecule has 8 heteroatoms. The maximum atomic E-state index is 14.2. The van der Waals surface area contributed by atoms with Crippen molar-refractivity contribution in [3.63, 3.8) is 0 Å². The first-order valence-corrected chi connectivity index (χ1v) is 10.5. The number of fused-ring (bicyclic) bond motifs is 1. The second-order valence-corrected chi connectivity index (χ2v) is 7.87. The molecule has 0 amide bonds. The first-order valence-electron chi connectivity index (χ1n) is 10.1. The average Bonchev–Trinajstić information content (AvgIpc) is 2.80. The van der Waals surface area contributed by atoms with Crippen molar-refractivity contribution >= 4 is 45.6 Å².